The Hall–Kier alpha value is -1.73. The van der Waals surface area contributed by atoms with Crippen LogP contribution < -0.4 is 5.32 Å². The largest absolute Gasteiger partial charge is 0.480 e. The molecule has 5 nitrogen and oxygen atoms in total. The molecule has 0 unspecified atom stereocenters. The highest BCUT2D eigenvalue weighted by Gasteiger charge is 2.29. The quantitative estimate of drug-likeness (QED) is 0.910. The van der Waals surface area contributed by atoms with E-state index in [1.54, 1.807) is 17.4 Å². The van der Waals surface area contributed by atoms with E-state index < -0.39 is 11.5 Å². The van der Waals surface area contributed by atoms with Crippen molar-refractivity contribution in [2.75, 3.05) is 0 Å². The number of aryl methyl sites for hydroxylation is 1. The molecule has 0 fully saturated rings. The van der Waals surface area contributed by atoms with Crippen LogP contribution in [0.2, 0.25) is 0 Å². The van der Waals surface area contributed by atoms with Gasteiger partial charge >= 0.3 is 5.97 Å². The summed E-state index contributed by atoms with van der Waals surface area (Å²) < 4.78 is 0. The first-order valence-corrected chi connectivity index (χ1v) is 7.57. The lowest BCUT2D eigenvalue weighted by atomic mass is 10.1. The summed E-state index contributed by atoms with van der Waals surface area (Å²) in [6.45, 7) is 4.82. The second-order valence-electron chi connectivity index (χ2n) is 4.80. The van der Waals surface area contributed by atoms with Crippen molar-refractivity contribution in [2.45, 2.75) is 26.3 Å². The van der Waals surface area contributed by atoms with Gasteiger partial charge in [-0.1, -0.05) is 0 Å². The molecule has 2 aromatic heterocycles. The van der Waals surface area contributed by atoms with Crippen molar-refractivity contribution in [3.8, 4) is 10.6 Å². The molecule has 0 atom stereocenters. The van der Waals surface area contributed by atoms with Crippen LogP contribution in [-0.4, -0.2) is 27.5 Å². The number of nitrogens with zero attached hydrogens (tertiary/aromatic N) is 1. The zero-order valence-corrected chi connectivity index (χ0v) is 12.9. The number of thiophene rings is 1. The second kappa shape index (κ2) is 5.34. The van der Waals surface area contributed by atoms with Gasteiger partial charge in [0.05, 0.1) is 20.5 Å². The van der Waals surface area contributed by atoms with Crippen molar-refractivity contribution < 1.29 is 14.7 Å². The number of rotatable bonds is 4. The fourth-order valence-electron chi connectivity index (χ4n) is 1.47. The maximum absolute atomic E-state index is 12.0. The van der Waals surface area contributed by atoms with E-state index in [9.17, 15) is 9.59 Å². The minimum Gasteiger partial charge on any atom is -0.480 e. The summed E-state index contributed by atoms with van der Waals surface area (Å²) in [4.78, 5) is 28.8. The van der Waals surface area contributed by atoms with Crippen LogP contribution in [0.3, 0.4) is 0 Å². The molecule has 0 aliphatic rings. The Balaban J connectivity index is 2.17. The normalized spacial score (nSPS) is 11.3. The van der Waals surface area contributed by atoms with Crippen LogP contribution in [0.15, 0.2) is 17.5 Å². The van der Waals surface area contributed by atoms with Crippen molar-refractivity contribution in [1.29, 1.82) is 0 Å². The molecule has 2 rings (SSSR count). The fourth-order valence-corrected chi connectivity index (χ4v) is 3.02. The Morgan fingerprint density at radius 1 is 1.35 bits per heavy atom. The van der Waals surface area contributed by atoms with E-state index in [0.717, 1.165) is 15.6 Å². The van der Waals surface area contributed by atoms with Crippen LogP contribution in [0.4, 0.5) is 0 Å². The van der Waals surface area contributed by atoms with Gasteiger partial charge in [-0.25, -0.2) is 9.78 Å². The van der Waals surface area contributed by atoms with E-state index in [2.05, 4.69) is 10.3 Å². The average Bonchev–Trinajstić information content (AvgIpc) is 2.96. The van der Waals surface area contributed by atoms with E-state index in [1.807, 2.05) is 18.4 Å². The third-order valence-electron chi connectivity index (χ3n) is 2.66. The monoisotopic (exact) mass is 310 g/mol. The van der Waals surface area contributed by atoms with Gasteiger partial charge in [-0.05, 0) is 32.9 Å². The molecule has 0 aliphatic carbocycles. The molecule has 0 saturated carbocycles. The summed E-state index contributed by atoms with van der Waals surface area (Å²) in [7, 11) is 0. The summed E-state index contributed by atoms with van der Waals surface area (Å²) in [5.41, 5.74) is -0.451. The first-order valence-electron chi connectivity index (χ1n) is 5.88. The number of amides is 1. The van der Waals surface area contributed by atoms with Gasteiger partial charge in [0, 0.05) is 5.38 Å². The van der Waals surface area contributed by atoms with Crippen LogP contribution in [0.1, 0.15) is 28.5 Å². The van der Waals surface area contributed by atoms with Gasteiger partial charge in [-0.15, -0.1) is 22.7 Å². The minimum absolute atomic E-state index is 0.388. The first kappa shape index (κ1) is 14.7. The molecule has 0 bridgehead atoms. The smallest absolute Gasteiger partial charge is 0.328 e. The summed E-state index contributed by atoms with van der Waals surface area (Å²) >= 11 is 2.85. The molecule has 2 heterocycles. The van der Waals surface area contributed by atoms with Gasteiger partial charge in [0.15, 0.2) is 0 Å². The number of carbonyl (C=O) groups excluding carboxylic acids is 1. The van der Waals surface area contributed by atoms with Crippen molar-refractivity contribution in [2.24, 2.45) is 0 Å². The summed E-state index contributed by atoms with van der Waals surface area (Å²) in [5, 5.41) is 14.4. The maximum Gasteiger partial charge on any atom is 0.328 e. The molecule has 0 saturated heterocycles. The molecule has 0 aromatic carbocycles. The standard InChI is InChI=1S/C13H14N2O3S2/c1-7-14-8(6-19-7)9-4-5-10(20-9)11(16)15-13(2,3)12(17)18/h4-6H,1-3H3,(H,15,16)(H,17,18). The molecule has 106 valence electrons. The van der Waals surface area contributed by atoms with Crippen LogP contribution in [0.25, 0.3) is 10.6 Å². The summed E-state index contributed by atoms with van der Waals surface area (Å²) in [6, 6.07) is 3.50. The number of hydrogen-bond donors (Lipinski definition) is 2. The lowest BCUT2D eigenvalue weighted by Gasteiger charge is -2.20. The van der Waals surface area contributed by atoms with Gasteiger partial charge in [0.2, 0.25) is 0 Å². The van der Waals surface area contributed by atoms with Crippen molar-refractivity contribution in [3.63, 3.8) is 0 Å². The van der Waals surface area contributed by atoms with Crippen molar-refractivity contribution in [3.05, 3.63) is 27.4 Å². The van der Waals surface area contributed by atoms with Gasteiger partial charge in [0.1, 0.15) is 5.54 Å². The molecule has 0 aliphatic heterocycles. The number of carbonyl (C=O) groups is 2. The van der Waals surface area contributed by atoms with Gasteiger partial charge in [0.25, 0.3) is 5.91 Å². The topological polar surface area (TPSA) is 79.3 Å². The number of aliphatic carboxylic acids is 1. The molecule has 1 amide bonds. The van der Waals surface area contributed by atoms with Crippen LogP contribution in [-0.2, 0) is 4.79 Å². The Kier molecular flexibility index (Phi) is 3.92. The van der Waals surface area contributed by atoms with E-state index in [-0.39, 0.29) is 5.91 Å². The highest BCUT2D eigenvalue weighted by molar-refractivity contribution is 7.17. The Bertz CT molecular complexity index is 658. The summed E-state index contributed by atoms with van der Waals surface area (Å²) in [6.07, 6.45) is 0. The predicted molar refractivity (Wildman–Crippen MR) is 79.3 cm³/mol. The van der Waals surface area contributed by atoms with Gasteiger partial charge < -0.3 is 10.4 Å². The Morgan fingerprint density at radius 3 is 2.60 bits per heavy atom. The zero-order chi connectivity index (χ0) is 14.9. The SMILES string of the molecule is Cc1nc(-c2ccc(C(=O)NC(C)(C)C(=O)O)s2)cs1. The first-order chi connectivity index (χ1) is 9.29. The van der Waals surface area contributed by atoms with Crippen molar-refractivity contribution >= 4 is 34.6 Å². The number of carboxylic acids is 1. The molecular formula is C13H14N2O3S2. The third-order valence-corrected chi connectivity index (χ3v) is 4.54. The molecule has 2 N–H and O–H groups in total. The van der Waals surface area contributed by atoms with Crippen LogP contribution in [0, 0.1) is 6.92 Å². The maximum atomic E-state index is 12.0. The zero-order valence-electron chi connectivity index (χ0n) is 11.3. The number of nitrogens with one attached hydrogen (secondary N) is 1. The lowest BCUT2D eigenvalue weighted by molar-refractivity contribution is -0.143. The molecule has 0 spiro atoms. The average molecular weight is 310 g/mol. The van der Waals surface area contributed by atoms with Gasteiger partial charge in [-0.3, -0.25) is 4.79 Å². The molecule has 7 heteroatoms. The van der Waals surface area contributed by atoms with E-state index in [0.29, 0.717) is 4.88 Å². The van der Waals surface area contributed by atoms with Gasteiger partial charge in [-0.2, -0.15) is 0 Å². The molecule has 0 radical (unpaired) electrons. The fraction of sp³-hybridized carbons (Fsp3) is 0.308. The summed E-state index contributed by atoms with van der Waals surface area (Å²) in [5.74, 6) is -1.46. The van der Waals surface area contributed by atoms with Crippen LogP contribution in [0.5, 0.6) is 0 Å². The number of aromatic nitrogens is 1. The van der Waals surface area contributed by atoms with Crippen molar-refractivity contribution in [1.82, 2.24) is 10.3 Å². The molecule has 2 aromatic rings. The predicted octanol–water partition coefficient (Wildman–Crippen LogP) is 2.77. The van der Waals surface area contributed by atoms with Crippen LogP contribution >= 0.6 is 22.7 Å². The Labute approximate surface area is 124 Å². The Morgan fingerprint density at radius 2 is 2.05 bits per heavy atom. The number of hydrogen-bond acceptors (Lipinski definition) is 5. The second-order valence-corrected chi connectivity index (χ2v) is 6.95. The highest BCUT2D eigenvalue weighted by atomic mass is 32.1. The van der Waals surface area contributed by atoms with E-state index in [1.165, 1.54) is 25.2 Å². The third kappa shape index (κ3) is 3.05. The molecule has 20 heavy (non-hydrogen) atoms. The highest BCUT2D eigenvalue weighted by Crippen LogP contribution is 2.29. The van der Waals surface area contributed by atoms with E-state index in [4.69, 9.17) is 5.11 Å². The number of thiazole rings is 1. The minimum atomic E-state index is -1.29. The lowest BCUT2D eigenvalue weighted by Crippen LogP contribution is -2.49. The number of carboxylic acid groups (broad SMARTS) is 1. The molecular weight excluding hydrogens is 296 g/mol. The van der Waals surface area contributed by atoms with E-state index >= 15 is 0 Å².